The summed E-state index contributed by atoms with van der Waals surface area (Å²) in [5, 5.41) is 3.56. The molecule has 0 saturated carbocycles. The van der Waals surface area contributed by atoms with Crippen molar-refractivity contribution in [3.05, 3.63) is 108 Å². The zero-order valence-corrected chi connectivity index (χ0v) is 20.6. The van der Waals surface area contributed by atoms with Crippen molar-refractivity contribution in [2.24, 2.45) is 0 Å². The van der Waals surface area contributed by atoms with E-state index in [0.717, 1.165) is 22.4 Å². The molecule has 0 unspecified atom stereocenters. The van der Waals surface area contributed by atoms with Gasteiger partial charge in [-0.15, -0.1) is 0 Å². The highest BCUT2D eigenvalue weighted by molar-refractivity contribution is 5.82. The van der Waals surface area contributed by atoms with Crippen molar-refractivity contribution in [3.8, 4) is 0 Å². The molecule has 2 saturated heterocycles. The number of pyridine rings is 1. The molecule has 2 fully saturated rings. The van der Waals surface area contributed by atoms with E-state index in [1.54, 1.807) is 24.3 Å². The molecule has 202 valence electrons. The average molecular weight is 540 g/mol. The maximum Gasteiger partial charge on any atom is 0.332 e. The van der Waals surface area contributed by atoms with Crippen molar-refractivity contribution in [3.63, 3.8) is 0 Å². The van der Waals surface area contributed by atoms with Crippen molar-refractivity contribution >= 4 is 16.6 Å². The summed E-state index contributed by atoms with van der Waals surface area (Å²) in [5.74, 6) is -4.39. The van der Waals surface area contributed by atoms with E-state index in [4.69, 9.17) is 4.74 Å². The first-order valence-corrected chi connectivity index (χ1v) is 12.5. The van der Waals surface area contributed by atoms with E-state index in [1.165, 1.54) is 16.8 Å². The third-order valence-corrected chi connectivity index (χ3v) is 7.29. The number of aromatic amines is 1. The van der Waals surface area contributed by atoms with E-state index in [0.29, 0.717) is 26.3 Å². The van der Waals surface area contributed by atoms with Crippen LogP contribution in [0.5, 0.6) is 0 Å². The Labute approximate surface area is 219 Å². The van der Waals surface area contributed by atoms with Crippen molar-refractivity contribution in [1.29, 1.82) is 0 Å². The summed E-state index contributed by atoms with van der Waals surface area (Å²) in [6, 6.07) is 9.91. The van der Waals surface area contributed by atoms with Crippen molar-refractivity contribution in [2.45, 2.75) is 25.2 Å². The Hall–Kier alpha value is -4.16. The lowest BCUT2D eigenvalue weighted by atomic mass is 10.0. The summed E-state index contributed by atoms with van der Waals surface area (Å²) < 4.78 is 49.6. The van der Waals surface area contributed by atoms with Crippen LogP contribution in [0, 0.1) is 17.5 Å². The van der Waals surface area contributed by atoms with Crippen LogP contribution in [0.25, 0.3) is 10.9 Å². The van der Waals surface area contributed by atoms with Gasteiger partial charge in [0.05, 0.1) is 49.3 Å². The van der Waals surface area contributed by atoms with Gasteiger partial charge in [0.2, 0.25) is 0 Å². The Balaban J connectivity index is 1.55. The van der Waals surface area contributed by atoms with Crippen LogP contribution in [0.1, 0.15) is 11.1 Å². The first-order valence-electron chi connectivity index (χ1n) is 12.5. The number of aromatic nitrogens is 3. The summed E-state index contributed by atoms with van der Waals surface area (Å²) in [6.07, 6.45) is 1.43. The SMILES string of the molecule is O=c1[nH]cccc1Cn1c(=O)c2ccc(N3[C@@H]4CNC[C@H]3COC4)cc2n(Cc2cc(F)c(F)c(F)c2)c1=O. The zero-order chi connectivity index (χ0) is 27.3. The number of nitrogens with zero attached hydrogens (tertiary/aromatic N) is 3. The third kappa shape index (κ3) is 4.45. The predicted octanol–water partition coefficient (Wildman–Crippen LogP) is 1.54. The standard InChI is InChI=1S/C27H24F3N5O4/c28-21-6-15(7-22(29)24(21)30)11-33-23-8-17(35-18-9-31-10-19(35)14-39-13-18)3-4-20(23)26(37)34(27(33)38)12-16-2-1-5-32-25(16)36/h1-8,18-19,31H,9-14H2,(H,32,36)/t18-,19+. The van der Waals surface area contributed by atoms with E-state index in [2.05, 4.69) is 15.2 Å². The maximum absolute atomic E-state index is 14.1. The lowest BCUT2D eigenvalue weighted by Crippen LogP contribution is -2.64. The first-order chi connectivity index (χ1) is 18.8. The van der Waals surface area contributed by atoms with E-state index in [-0.39, 0.29) is 47.2 Å². The van der Waals surface area contributed by atoms with Crippen LogP contribution in [-0.4, -0.2) is 52.5 Å². The maximum atomic E-state index is 14.1. The summed E-state index contributed by atoms with van der Waals surface area (Å²) in [7, 11) is 0. The van der Waals surface area contributed by atoms with Crippen LogP contribution in [-0.2, 0) is 17.8 Å². The Morgan fingerprint density at radius 2 is 1.62 bits per heavy atom. The average Bonchev–Trinajstić information content (AvgIpc) is 2.92. The topological polar surface area (TPSA) is 101 Å². The molecule has 0 spiro atoms. The van der Waals surface area contributed by atoms with Crippen LogP contribution in [0.2, 0.25) is 0 Å². The summed E-state index contributed by atoms with van der Waals surface area (Å²) in [4.78, 5) is 44.3. The van der Waals surface area contributed by atoms with Gasteiger partial charge in [-0.3, -0.25) is 18.7 Å². The van der Waals surface area contributed by atoms with Gasteiger partial charge in [-0.1, -0.05) is 6.07 Å². The second-order valence-electron chi connectivity index (χ2n) is 9.77. The monoisotopic (exact) mass is 539 g/mol. The van der Waals surface area contributed by atoms with Gasteiger partial charge in [0.1, 0.15) is 0 Å². The van der Waals surface area contributed by atoms with Gasteiger partial charge in [-0.2, -0.15) is 0 Å². The molecule has 4 heterocycles. The number of fused-ring (bicyclic) bond motifs is 3. The molecule has 2 N–H and O–H groups in total. The molecule has 2 aromatic carbocycles. The van der Waals surface area contributed by atoms with Crippen molar-refractivity contribution in [1.82, 2.24) is 19.4 Å². The molecule has 0 amide bonds. The van der Waals surface area contributed by atoms with Crippen LogP contribution < -0.4 is 27.0 Å². The van der Waals surface area contributed by atoms with Gasteiger partial charge in [-0.05, 0) is 42.0 Å². The summed E-state index contributed by atoms with van der Waals surface area (Å²) >= 11 is 0. The molecule has 39 heavy (non-hydrogen) atoms. The van der Waals surface area contributed by atoms with Gasteiger partial charge in [0.15, 0.2) is 17.5 Å². The van der Waals surface area contributed by atoms with E-state index < -0.39 is 34.3 Å². The molecule has 2 aromatic heterocycles. The van der Waals surface area contributed by atoms with Crippen molar-refractivity contribution < 1.29 is 17.9 Å². The van der Waals surface area contributed by atoms with E-state index >= 15 is 0 Å². The number of hydrogen-bond donors (Lipinski definition) is 2. The Bertz CT molecular complexity index is 1720. The first kappa shape index (κ1) is 25.1. The Morgan fingerprint density at radius 1 is 0.897 bits per heavy atom. The summed E-state index contributed by atoms with van der Waals surface area (Å²) in [6.45, 7) is 1.77. The van der Waals surface area contributed by atoms with Crippen LogP contribution in [0.3, 0.4) is 0 Å². The molecule has 2 atom stereocenters. The fourth-order valence-corrected chi connectivity index (χ4v) is 5.44. The normalized spacial score (nSPS) is 19.0. The second-order valence-corrected chi connectivity index (χ2v) is 9.77. The van der Waals surface area contributed by atoms with Gasteiger partial charge in [-0.25, -0.2) is 18.0 Å². The van der Waals surface area contributed by atoms with Gasteiger partial charge < -0.3 is 19.9 Å². The van der Waals surface area contributed by atoms with Crippen LogP contribution in [0.15, 0.2) is 63.0 Å². The molecule has 0 radical (unpaired) electrons. The highest BCUT2D eigenvalue weighted by Crippen LogP contribution is 2.28. The largest absolute Gasteiger partial charge is 0.377 e. The predicted molar refractivity (Wildman–Crippen MR) is 138 cm³/mol. The molecular weight excluding hydrogens is 515 g/mol. The lowest BCUT2D eigenvalue weighted by Gasteiger charge is -2.47. The van der Waals surface area contributed by atoms with Crippen molar-refractivity contribution in [2.75, 3.05) is 31.2 Å². The van der Waals surface area contributed by atoms with Gasteiger partial charge >= 0.3 is 5.69 Å². The summed E-state index contributed by atoms with van der Waals surface area (Å²) in [5.41, 5.74) is -0.640. The number of benzene rings is 2. The Kier molecular flexibility index (Phi) is 6.35. The molecule has 4 aromatic rings. The number of hydrogen-bond acceptors (Lipinski definition) is 6. The highest BCUT2D eigenvalue weighted by Gasteiger charge is 2.35. The Morgan fingerprint density at radius 3 is 2.31 bits per heavy atom. The lowest BCUT2D eigenvalue weighted by molar-refractivity contribution is 0.0528. The van der Waals surface area contributed by atoms with E-state index in [1.807, 2.05) is 0 Å². The van der Waals surface area contributed by atoms with Gasteiger partial charge in [0.25, 0.3) is 11.1 Å². The highest BCUT2D eigenvalue weighted by atomic mass is 19.2. The molecule has 2 aliphatic rings. The third-order valence-electron chi connectivity index (χ3n) is 7.29. The van der Waals surface area contributed by atoms with E-state index in [9.17, 15) is 27.6 Å². The number of ether oxygens (including phenoxy) is 1. The minimum absolute atomic E-state index is 0.00426. The number of anilines is 1. The quantitative estimate of drug-likeness (QED) is 0.374. The number of piperazine rings is 1. The van der Waals surface area contributed by atoms with Crippen LogP contribution in [0.4, 0.5) is 18.9 Å². The van der Waals surface area contributed by atoms with Crippen LogP contribution >= 0.6 is 0 Å². The molecule has 12 heteroatoms. The second kappa shape index (κ2) is 9.86. The molecule has 9 nitrogen and oxygen atoms in total. The minimum Gasteiger partial charge on any atom is -0.377 e. The molecule has 0 aliphatic carbocycles. The number of H-pyrrole nitrogens is 1. The fraction of sp³-hybridized carbons (Fsp3) is 0.296. The zero-order valence-electron chi connectivity index (χ0n) is 20.6. The number of nitrogens with one attached hydrogen (secondary N) is 2. The van der Waals surface area contributed by atoms with Gasteiger partial charge in [0, 0.05) is 30.5 Å². The number of morpholine rings is 1. The minimum atomic E-state index is -1.61. The molecule has 2 aliphatic heterocycles. The smallest absolute Gasteiger partial charge is 0.332 e. The molecule has 6 rings (SSSR count). The molecular formula is C27H24F3N5O4. The fourth-order valence-electron chi connectivity index (χ4n) is 5.44. The molecule has 2 bridgehead atoms. The number of halogens is 3. The number of rotatable bonds is 5.